The second-order valence-corrected chi connectivity index (χ2v) is 7.67. The molecule has 1 heterocycles. The maximum atomic E-state index is 12.6. The van der Waals surface area contributed by atoms with E-state index in [2.05, 4.69) is 34.2 Å². The van der Waals surface area contributed by atoms with Crippen LogP contribution in [0.15, 0.2) is 36.9 Å². The Bertz CT molecular complexity index is 642. The highest BCUT2D eigenvalue weighted by atomic mass is 16.2. The Hall–Kier alpha value is -2.30. The predicted octanol–water partition coefficient (Wildman–Crippen LogP) is 3.72. The average molecular weight is 370 g/mol. The number of nitrogens with zero attached hydrogens (tertiary/aromatic N) is 1. The van der Waals surface area contributed by atoms with E-state index in [1.807, 2.05) is 12.1 Å². The van der Waals surface area contributed by atoms with Gasteiger partial charge in [0.25, 0.3) is 0 Å². The minimum atomic E-state index is -0.00442. The Morgan fingerprint density at radius 1 is 0.963 bits per heavy atom. The van der Waals surface area contributed by atoms with Gasteiger partial charge >= 0.3 is 0 Å². The fraction of sp³-hybridized carbons (Fsp3) is 0.545. The summed E-state index contributed by atoms with van der Waals surface area (Å²) in [6.07, 6.45) is 8.60. The van der Waals surface area contributed by atoms with Crippen molar-refractivity contribution in [2.45, 2.75) is 44.9 Å². The zero-order chi connectivity index (χ0) is 19.1. The minimum Gasteiger partial charge on any atom is -0.372 e. The van der Waals surface area contributed by atoms with Gasteiger partial charge in [0.05, 0.1) is 0 Å². The topological polar surface area (TPSA) is 61.4 Å². The van der Waals surface area contributed by atoms with Crippen LogP contribution in [-0.4, -0.2) is 31.4 Å². The number of carbonyl (C=O) groups excluding carboxylic acids is 2. The van der Waals surface area contributed by atoms with Crippen molar-refractivity contribution in [2.24, 2.45) is 11.8 Å². The molecule has 1 aromatic carbocycles. The van der Waals surface area contributed by atoms with E-state index in [9.17, 15) is 9.59 Å². The van der Waals surface area contributed by atoms with Crippen molar-refractivity contribution in [1.82, 2.24) is 5.32 Å². The number of anilines is 2. The number of amides is 2. The second kappa shape index (κ2) is 9.58. The summed E-state index contributed by atoms with van der Waals surface area (Å²) < 4.78 is 0. The molecule has 3 rings (SSSR count). The van der Waals surface area contributed by atoms with Gasteiger partial charge in [-0.25, -0.2) is 0 Å². The van der Waals surface area contributed by atoms with Crippen molar-refractivity contribution in [2.75, 3.05) is 29.9 Å². The van der Waals surface area contributed by atoms with E-state index in [0.29, 0.717) is 6.54 Å². The number of rotatable bonds is 6. The summed E-state index contributed by atoms with van der Waals surface area (Å²) >= 11 is 0. The number of piperidine rings is 1. The van der Waals surface area contributed by atoms with Gasteiger partial charge in [-0.3, -0.25) is 9.59 Å². The van der Waals surface area contributed by atoms with E-state index in [1.54, 1.807) is 6.08 Å². The first kappa shape index (κ1) is 19.5. The molecule has 146 valence electrons. The van der Waals surface area contributed by atoms with Crippen LogP contribution in [0.25, 0.3) is 0 Å². The molecule has 2 amide bonds. The normalized spacial score (nSPS) is 22.7. The van der Waals surface area contributed by atoms with E-state index in [0.717, 1.165) is 44.5 Å². The summed E-state index contributed by atoms with van der Waals surface area (Å²) in [5.41, 5.74) is 2.09. The highest BCUT2D eigenvalue weighted by Gasteiger charge is 2.29. The van der Waals surface area contributed by atoms with Crippen molar-refractivity contribution in [3.8, 4) is 0 Å². The maximum Gasteiger partial charge on any atom is 0.227 e. The lowest BCUT2D eigenvalue weighted by atomic mass is 9.81. The lowest BCUT2D eigenvalue weighted by molar-refractivity contribution is -0.128. The predicted molar refractivity (Wildman–Crippen MR) is 110 cm³/mol. The molecule has 0 bridgehead atoms. The van der Waals surface area contributed by atoms with E-state index in [1.165, 1.54) is 24.9 Å². The van der Waals surface area contributed by atoms with Crippen molar-refractivity contribution in [3.05, 3.63) is 36.9 Å². The fourth-order valence-electron chi connectivity index (χ4n) is 4.09. The summed E-state index contributed by atoms with van der Waals surface area (Å²) in [4.78, 5) is 27.0. The molecule has 0 aromatic heterocycles. The molecule has 5 nitrogen and oxygen atoms in total. The quantitative estimate of drug-likeness (QED) is 0.751. The second-order valence-electron chi connectivity index (χ2n) is 7.67. The van der Waals surface area contributed by atoms with Crippen molar-refractivity contribution < 1.29 is 9.59 Å². The zero-order valence-corrected chi connectivity index (χ0v) is 16.1. The molecule has 0 radical (unpaired) electrons. The van der Waals surface area contributed by atoms with Crippen molar-refractivity contribution in [3.63, 3.8) is 0 Å². The monoisotopic (exact) mass is 369 g/mol. The van der Waals surface area contributed by atoms with Crippen LogP contribution in [0.5, 0.6) is 0 Å². The maximum absolute atomic E-state index is 12.6. The van der Waals surface area contributed by atoms with Crippen LogP contribution in [0.3, 0.4) is 0 Å². The van der Waals surface area contributed by atoms with Gasteiger partial charge in [0.2, 0.25) is 11.8 Å². The highest BCUT2D eigenvalue weighted by molar-refractivity contribution is 5.93. The molecule has 1 aromatic rings. The van der Waals surface area contributed by atoms with Crippen LogP contribution >= 0.6 is 0 Å². The van der Waals surface area contributed by atoms with Gasteiger partial charge in [-0.15, -0.1) is 6.58 Å². The largest absolute Gasteiger partial charge is 0.372 e. The minimum absolute atomic E-state index is 0.00442. The number of nitrogens with one attached hydrogen (secondary N) is 2. The molecule has 1 saturated carbocycles. The van der Waals surface area contributed by atoms with Crippen LogP contribution in [0.1, 0.15) is 44.9 Å². The first-order chi connectivity index (χ1) is 13.2. The summed E-state index contributed by atoms with van der Waals surface area (Å²) in [6, 6.07) is 8.19. The summed E-state index contributed by atoms with van der Waals surface area (Å²) in [6.45, 7) is 6.36. The molecule has 1 aliphatic carbocycles. The van der Waals surface area contributed by atoms with E-state index >= 15 is 0 Å². The fourth-order valence-corrected chi connectivity index (χ4v) is 4.09. The smallest absolute Gasteiger partial charge is 0.227 e. The number of carbonyl (C=O) groups is 2. The van der Waals surface area contributed by atoms with Gasteiger partial charge in [-0.05, 0) is 69.2 Å². The molecule has 0 atom stereocenters. The standard InChI is InChI=1S/C22H31N3O2/c1-2-14-23-21(26)17-6-8-18(9-7-17)22(27)24-19-10-12-20(13-11-19)25-15-4-3-5-16-25/h2,10-13,17-18H,1,3-9,14-16H2,(H,23,26)(H,24,27). The molecule has 0 unspecified atom stereocenters. The van der Waals surface area contributed by atoms with Crippen LogP contribution in [0.2, 0.25) is 0 Å². The third kappa shape index (κ3) is 5.34. The summed E-state index contributed by atoms with van der Waals surface area (Å²) in [5, 5.41) is 5.91. The lowest BCUT2D eigenvalue weighted by Crippen LogP contribution is -2.35. The van der Waals surface area contributed by atoms with E-state index in [4.69, 9.17) is 0 Å². The van der Waals surface area contributed by atoms with Crippen molar-refractivity contribution >= 4 is 23.2 Å². The number of hydrogen-bond acceptors (Lipinski definition) is 3. The van der Waals surface area contributed by atoms with Crippen LogP contribution in [-0.2, 0) is 9.59 Å². The summed E-state index contributed by atoms with van der Waals surface area (Å²) in [5.74, 6) is 0.181. The van der Waals surface area contributed by atoms with Crippen molar-refractivity contribution in [1.29, 1.82) is 0 Å². The van der Waals surface area contributed by atoms with Crippen LogP contribution in [0, 0.1) is 11.8 Å². The zero-order valence-electron chi connectivity index (χ0n) is 16.1. The Kier molecular flexibility index (Phi) is 6.91. The summed E-state index contributed by atoms with van der Waals surface area (Å²) in [7, 11) is 0. The Morgan fingerprint density at radius 2 is 1.56 bits per heavy atom. The van der Waals surface area contributed by atoms with E-state index < -0.39 is 0 Å². The van der Waals surface area contributed by atoms with Crippen LogP contribution in [0.4, 0.5) is 11.4 Å². The van der Waals surface area contributed by atoms with Gasteiger partial charge in [0.15, 0.2) is 0 Å². The number of hydrogen-bond donors (Lipinski definition) is 2. The molecule has 2 fully saturated rings. The number of benzene rings is 1. The molecular weight excluding hydrogens is 338 g/mol. The highest BCUT2D eigenvalue weighted by Crippen LogP contribution is 2.30. The van der Waals surface area contributed by atoms with E-state index in [-0.39, 0.29) is 23.7 Å². The SMILES string of the molecule is C=CCNC(=O)C1CCC(C(=O)Nc2ccc(N3CCCCC3)cc2)CC1. The Labute approximate surface area is 162 Å². The lowest BCUT2D eigenvalue weighted by Gasteiger charge is -2.29. The first-order valence-electron chi connectivity index (χ1n) is 10.2. The molecule has 0 spiro atoms. The molecule has 2 N–H and O–H groups in total. The van der Waals surface area contributed by atoms with Gasteiger partial charge in [-0.1, -0.05) is 6.08 Å². The van der Waals surface area contributed by atoms with Gasteiger partial charge in [0, 0.05) is 42.8 Å². The third-order valence-corrected chi connectivity index (χ3v) is 5.75. The third-order valence-electron chi connectivity index (χ3n) is 5.75. The Balaban J connectivity index is 1.46. The van der Waals surface area contributed by atoms with Gasteiger partial charge < -0.3 is 15.5 Å². The van der Waals surface area contributed by atoms with Gasteiger partial charge in [0.1, 0.15) is 0 Å². The molecule has 1 saturated heterocycles. The first-order valence-corrected chi connectivity index (χ1v) is 10.2. The molecule has 5 heteroatoms. The molecule has 1 aliphatic heterocycles. The molecule has 2 aliphatic rings. The molecule has 27 heavy (non-hydrogen) atoms. The van der Waals surface area contributed by atoms with Crippen LogP contribution < -0.4 is 15.5 Å². The Morgan fingerprint density at radius 3 is 2.15 bits per heavy atom. The average Bonchev–Trinajstić information content (AvgIpc) is 2.73. The molecular formula is C22H31N3O2. The van der Waals surface area contributed by atoms with Gasteiger partial charge in [-0.2, -0.15) is 0 Å².